The molecule has 1 aliphatic heterocycles. The smallest absolute Gasteiger partial charge is 0.0583 e. The summed E-state index contributed by atoms with van der Waals surface area (Å²) >= 11 is 0. The molecule has 0 spiro atoms. The van der Waals surface area contributed by atoms with Crippen molar-refractivity contribution < 1.29 is 0 Å². The molecule has 1 aliphatic rings. The number of aromatic nitrogens is 1. The molecule has 0 aliphatic carbocycles. The van der Waals surface area contributed by atoms with E-state index in [4.69, 9.17) is 0 Å². The van der Waals surface area contributed by atoms with Crippen LogP contribution in [0.3, 0.4) is 0 Å². The van der Waals surface area contributed by atoms with Gasteiger partial charge in [0.1, 0.15) is 0 Å². The molecule has 3 nitrogen and oxygen atoms in total. The van der Waals surface area contributed by atoms with E-state index in [1.165, 1.54) is 60.5 Å². The van der Waals surface area contributed by atoms with Gasteiger partial charge in [-0.05, 0) is 113 Å². The molecule has 0 unspecified atom stereocenters. The molecule has 0 radical (unpaired) electrons. The van der Waals surface area contributed by atoms with Gasteiger partial charge in [-0.15, -0.1) is 0 Å². The maximum absolute atomic E-state index is 2.51. The number of benzene rings is 9. The Balaban J connectivity index is 1.13. The van der Waals surface area contributed by atoms with Gasteiger partial charge in [-0.2, -0.15) is 0 Å². The fourth-order valence-corrected chi connectivity index (χ4v) is 9.32. The van der Waals surface area contributed by atoms with Crippen molar-refractivity contribution in [3.05, 3.63) is 223 Å². The minimum absolute atomic E-state index is 0.238. The lowest BCUT2D eigenvalue weighted by molar-refractivity contribution is 0.630. The van der Waals surface area contributed by atoms with E-state index in [0.717, 1.165) is 34.1 Å². The molecule has 0 fully saturated rings. The second-order valence-corrected chi connectivity index (χ2v) is 15.8. The van der Waals surface area contributed by atoms with E-state index in [2.05, 4.69) is 241 Å². The van der Waals surface area contributed by atoms with Crippen LogP contribution in [0.15, 0.2) is 212 Å². The van der Waals surface area contributed by atoms with Crippen molar-refractivity contribution in [1.29, 1.82) is 0 Å². The van der Waals surface area contributed by atoms with Crippen LogP contribution in [0.2, 0.25) is 0 Å². The van der Waals surface area contributed by atoms with Gasteiger partial charge in [0.15, 0.2) is 0 Å². The van der Waals surface area contributed by atoms with Crippen molar-refractivity contribution in [1.82, 2.24) is 4.57 Å². The molecule has 0 bridgehead atoms. The number of fused-ring (bicyclic) bond motifs is 6. The molecule has 0 saturated carbocycles. The second-order valence-electron chi connectivity index (χ2n) is 15.8. The van der Waals surface area contributed by atoms with Crippen molar-refractivity contribution in [3.63, 3.8) is 0 Å². The van der Waals surface area contributed by atoms with Crippen molar-refractivity contribution in [3.8, 4) is 16.8 Å². The number of nitrogens with zero attached hydrogens (tertiary/aromatic N) is 3. The zero-order valence-corrected chi connectivity index (χ0v) is 32.5. The zero-order valence-electron chi connectivity index (χ0n) is 32.5. The monoisotopic (exact) mass is 743 g/mol. The molecule has 0 saturated heterocycles. The molecule has 2 heterocycles. The number of para-hydroxylation sites is 4. The van der Waals surface area contributed by atoms with Crippen LogP contribution < -0.4 is 9.80 Å². The summed E-state index contributed by atoms with van der Waals surface area (Å²) in [5, 5.41) is 4.94. The predicted octanol–water partition coefficient (Wildman–Crippen LogP) is 15.2. The van der Waals surface area contributed by atoms with Crippen LogP contribution in [0, 0.1) is 0 Å². The van der Waals surface area contributed by atoms with E-state index in [1.54, 1.807) is 0 Å². The molecule has 10 aromatic rings. The largest absolute Gasteiger partial charge is 0.311 e. The molecule has 0 N–H and O–H groups in total. The van der Waals surface area contributed by atoms with E-state index < -0.39 is 0 Å². The molecule has 0 amide bonds. The molecule has 9 aromatic carbocycles. The van der Waals surface area contributed by atoms with Gasteiger partial charge in [-0.3, -0.25) is 0 Å². The van der Waals surface area contributed by atoms with E-state index in [9.17, 15) is 0 Å². The van der Waals surface area contributed by atoms with Crippen molar-refractivity contribution in [2.24, 2.45) is 0 Å². The van der Waals surface area contributed by atoms with Gasteiger partial charge < -0.3 is 14.4 Å². The van der Waals surface area contributed by atoms with E-state index >= 15 is 0 Å². The summed E-state index contributed by atoms with van der Waals surface area (Å²) < 4.78 is 2.51. The van der Waals surface area contributed by atoms with E-state index in [-0.39, 0.29) is 5.41 Å². The van der Waals surface area contributed by atoms with Crippen molar-refractivity contribution in [2.45, 2.75) is 19.3 Å². The molecule has 3 heteroatoms. The van der Waals surface area contributed by atoms with Crippen LogP contribution in [0.1, 0.15) is 25.0 Å². The first-order chi connectivity index (χ1) is 28.5. The fraction of sp³-hybridized carbons (Fsp3) is 0.0545. The molecule has 58 heavy (non-hydrogen) atoms. The lowest BCUT2D eigenvalue weighted by atomic mass is 9.74. The predicted molar refractivity (Wildman–Crippen MR) is 245 cm³/mol. The summed E-state index contributed by atoms with van der Waals surface area (Å²) in [7, 11) is 0. The Hall–Kier alpha value is -7.36. The van der Waals surface area contributed by atoms with Gasteiger partial charge in [-0.25, -0.2) is 0 Å². The maximum Gasteiger partial charge on any atom is 0.0583 e. The average molecular weight is 744 g/mol. The highest BCUT2D eigenvalue weighted by Crippen LogP contribution is 2.51. The third-order valence-corrected chi connectivity index (χ3v) is 12.1. The van der Waals surface area contributed by atoms with E-state index in [0.29, 0.717) is 0 Å². The molecule has 0 atom stereocenters. The van der Waals surface area contributed by atoms with Crippen molar-refractivity contribution >= 4 is 66.7 Å². The summed E-state index contributed by atoms with van der Waals surface area (Å²) in [6, 6.07) is 77.2. The third kappa shape index (κ3) is 5.35. The number of hydrogen-bond acceptors (Lipinski definition) is 2. The Morgan fingerprint density at radius 3 is 1.66 bits per heavy atom. The van der Waals surface area contributed by atoms with Gasteiger partial charge in [0.25, 0.3) is 0 Å². The Kier molecular flexibility index (Phi) is 7.84. The van der Waals surface area contributed by atoms with Gasteiger partial charge in [0, 0.05) is 50.0 Å². The summed E-state index contributed by atoms with van der Waals surface area (Å²) in [5.74, 6) is 0. The highest BCUT2D eigenvalue weighted by atomic mass is 15.1. The van der Waals surface area contributed by atoms with Crippen LogP contribution in [-0.4, -0.2) is 4.57 Å². The molecular weight excluding hydrogens is 703 g/mol. The quantitative estimate of drug-likeness (QED) is 0.161. The SMILES string of the molecule is CC1(C)c2ccccc2-n2c3ccc(-c4ccc(N(c5ccccc5)c5ccccc5)cc4)cc3c3cc(N(c4ccccc4)c4cccc5ccccc45)cc1c32. The zero-order chi connectivity index (χ0) is 38.8. The third-order valence-electron chi connectivity index (χ3n) is 12.1. The Labute approximate surface area is 339 Å². The number of rotatable bonds is 7. The highest BCUT2D eigenvalue weighted by molar-refractivity contribution is 6.14. The summed E-state index contributed by atoms with van der Waals surface area (Å²) in [6.45, 7) is 4.77. The lowest BCUT2D eigenvalue weighted by Gasteiger charge is -2.36. The van der Waals surface area contributed by atoms with Crippen molar-refractivity contribution in [2.75, 3.05) is 9.80 Å². The minimum atomic E-state index is -0.238. The van der Waals surface area contributed by atoms with Gasteiger partial charge >= 0.3 is 0 Å². The molecule has 11 rings (SSSR count). The first kappa shape index (κ1) is 33.9. The van der Waals surface area contributed by atoms with Gasteiger partial charge in [-0.1, -0.05) is 141 Å². The first-order valence-corrected chi connectivity index (χ1v) is 20.1. The van der Waals surface area contributed by atoms with E-state index in [1.807, 2.05) is 0 Å². The standard InChI is InChI=1S/C55H41N3/c1-55(2)49-26-14-15-27-53(49)58-52-34-31-40(38-29-32-44(33-30-38)56(41-19-6-3-7-20-41)42-21-8-4-9-22-42)35-47(52)48-36-45(37-50(55)54(48)58)57(43-23-10-5-11-24-43)51-28-16-18-39-17-12-13-25-46(39)51/h3-37H,1-2H3. The topological polar surface area (TPSA) is 11.4 Å². The Morgan fingerprint density at radius 2 is 0.948 bits per heavy atom. The lowest BCUT2D eigenvalue weighted by Crippen LogP contribution is -2.26. The number of anilines is 6. The van der Waals surface area contributed by atoms with Crippen LogP contribution in [0.25, 0.3) is 49.4 Å². The van der Waals surface area contributed by atoms with Crippen LogP contribution >= 0.6 is 0 Å². The first-order valence-electron chi connectivity index (χ1n) is 20.1. The minimum Gasteiger partial charge on any atom is -0.311 e. The van der Waals surface area contributed by atoms with Crippen LogP contribution in [-0.2, 0) is 5.41 Å². The summed E-state index contributed by atoms with van der Waals surface area (Å²) in [6.07, 6.45) is 0. The molecule has 276 valence electrons. The van der Waals surface area contributed by atoms with Gasteiger partial charge in [0.05, 0.1) is 22.4 Å². The van der Waals surface area contributed by atoms with Gasteiger partial charge in [0.2, 0.25) is 0 Å². The fourth-order valence-electron chi connectivity index (χ4n) is 9.32. The Bertz CT molecular complexity index is 3080. The molecular formula is C55H41N3. The Morgan fingerprint density at radius 1 is 0.379 bits per heavy atom. The highest BCUT2D eigenvalue weighted by Gasteiger charge is 2.36. The maximum atomic E-state index is 2.51. The second kappa shape index (κ2) is 13.4. The normalized spacial score (nSPS) is 12.8. The van der Waals surface area contributed by atoms with Crippen LogP contribution in [0.4, 0.5) is 34.1 Å². The van der Waals surface area contributed by atoms with Crippen LogP contribution in [0.5, 0.6) is 0 Å². The molecule has 1 aromatic heterocycles. The average Bonchev–Trinajstić information content (AvgIpc) is 3.61. The summed E-state index contributed by atoms with van der Waals surface area (Å²) in [5.41, 5.74) is 15.3. The summed E-state index contributed by atoms with van der Waals surface area (Å²) in [4.78, 5) is 4.76. The number of hydrogen-bond donors (Lipinski definition) is 0.